The molecule has 0 spiro atoms. The van der Waals surface area contributed by atoms with Crippen LogP contribution in [0.25, 0.3) is 15.5 Å². The standard InChI is InChI=1S/C12H11N3S2/c1-2-10(16-5-1)8-7-15-9-3-4-13-6-11(9)17-12(15)14-8/h1-2,5,7,13H,3-4,6H2. The number of imidazole rings is 1. The van der Waals surface area contributed by atoms with Gasteiger partial charge in [0.15, 0.2) is 4.96 Å². The highest BCUT2D eigenvalue weighted by Gasteiger charge is 2.17. The van der Waals surface area contributed by atoms with Crippen molar-refractivity contribution in [2.24, 2.45) is 0 Å². The maximum Gasteiger partial charge on any atom is 0.194 e. The largest absolute Gasteiger partial charge is 0.311 e. The second kappa shape index (κ2) is 3.66. The first-order valence-corrected chi connectivity index (χ1v) is 7.36. The number of hydrogen-bond acceptors (Lipinski definition) is 4. The van der Waals surface area contributed by atoms with E-state index in [0.717, 1.165) is 30.2 Å². The second-order valence-electron chi connectivity index (χ2n) is 4.15. The normalized spacial score (nSPS) is 15.3. The highest BCUT2D eigenvalue weighted by molar-refractivity contribution is 7.17. The third-order valence-corrected chi connectivity index (χ3v) is 5.09. The number of nitrogens with zero attached hydrogens (tertiary/aromatic N) is 2. The van der Waals surface area contributed by atoms with Gasteiger partial charge in [0.2, 0.25) is 0 Å². The maximum absolute atomic E-state index is 4.72. The van der Waals surface area contributed by atoms with E-state index < -0.39 is 0 Å². The summed E-state index contributed by atoms with van der Waals surface area (Å²) in [4.78, 5) is 8.55. The summed E-state index contributed by atoms with van der Waals surface area (Å²) in [5, 5.41) is 5.50. The third-order valence-electron chi connectivity index (χ3n) is 3.10. The molecule has 3 nitrogen and oxygen atoms in total. The summed E-state index contributed by atoms with van der Waals surface area (Å²) in [7, 11) is 0. The van der Waals surface area contributed by atoms with Crippen LogP contribution in [-0.4, -0.2) is 15.9 Å². The molecule has 4 rings (SSSR count). The molecule has 3 aromatic heterocycles. The van der Waals surface area contributed by atoms with Crippen LogP contribution >= 0.6 is 22.7 Å². The van der Waals surface area contributed by atoms with Crippen LogP contribution in [0.2, 0.25) is 0 Å². The number of thiazole rings is 1. The topological polar surface area (TPSA) is 29.3 Å². The summed E-state index contributed by atoms with van der Waals surface area (Å²) in [6.07, 6.45) is 3.29. The predicted molar refractivity (Wildman–Crippen MR) is 71.8 cm³/mol. The zero-order valence-electron chi connectivity index (χ0n) is 9.14. The lowest BCUT2D eigenvalue weighted by Crippen LogP contribution is -2.23. The Kier molecular flexibility index (Phi) is 2.12. The molecule has 0 saturated carbocycles. The van der Waals surface area contributed by atoms with Crippen molar-refractivity contribution in [1.29, 1.82) is 0 Å². The first-order valence-electron chi connectivity index (χ1n) is 5.66. The molecular weight excluding hydrogens is 250 g/mol. The van der Waals surface area contributed by atoms with Crippen LogP contribution in [0.5, 0.6) is 0 Å². The first kappa shape index (κ1) is 9.82. The van der Waals surface area contributed by atoms with Crippen LogP contribution < -0.4 is 5.32 Å². The molecule has 0 saturated heterocycles. The van der Waals surface area contributed by atoms with Gasteiger partial charge in [0.05, 0.1) is 4.88 Å². The molecule has 0 bridgehead atoms. The smallest absolute Gasteiger partial charge is 0.194 e. The van der Waals surface area contributed by atoms with Gasteiger partial charge in [-0.05, 0) is 11.4 Å². The minimum Gasteiger partial charge on any atom is -0.311 e. The van der Waals surface area contributed by atoms with E-state index in [-0.39, 0.29) is 0 Å². The van der Waals surface area contributed by atoms with Crippen LogP contribution in [0.4, 0.5) is 0 Å². The Morgan fingerprint density at radius 3 is 3.29 bits per heavy atom. The van der Waals surface area contributed by atoms with Crippen molar-refractivity contribution in [1.82, 2.24) is 14.7 Å². The molecule has 0 atom stereocenters. The zero-order chi connectivity index (χ0) is 11.2. The van der Waals surface area contributed by atoms with Crippen molar-refractivity contribution in [3.8, 4) is 10.6 Å². The van der Waals surface area contributed by atoms with Crippen molar-refractivity contribution >= 4 is 27.6 Å². The fourth-order valence-corrected chi connectivity index (χ4v) is 4.08. The van der Waals surface area contributed by atoms with Gasteiger partial charge in [0, 0.05) is 36.3 Å². The number of hydrogen-bond donors (Lipinski definition) is 1. The summed E-state index contributed by atoms with van der Waals surface area (Å²) in [5.74, 6) is 0. The van der Waals surface area contributed by atoms with Crippen molar-refractivity contribution < 1.29 is 0 Å². The molecule has 0 aliphatic carbocycles. The summed E-state index contributed by atoms with van der Waals surface area (Å²) >= 11 is 3.56. The van der Waals surface area contributed by atoms with Crippen molar-refractivity contribution in [2.45, 2.75) is 13.0 Å². The fourth-order valence-electron chi connectivity index (χ4n) is 2.28. The molecule has 0 unspecified atom stereocenters. The molecule has 5 heteroatoms. The van der Waals surface area contributed by atoms with E-state index in [9.17, 15) is 0 Å². The minimum atomic E-state index is 0.998. The number of thiophene rings is 1. The van der Waals surface area contributed by atoms with E-state index in [4.69, 9.17) is 4.98 Å². The second-order valence-corrected chi connectivity index (χ2v) is 6.16. The Balaban J connectivity index is 1.91. The molecule has 1 N–H and O–H groups in total. The van der Waals surface area contributed by atoms with Crippen molar-refractivity contribution in [2.75, 3.05) is 6.54 Å². The SMILES string of the molecule is c1csc(-c2cn3c4c(sc3n2)CNCC4)c1. The van der Waals surface area contributed by atoms with Crippen LogP contribution in [0, 0.1) is 0 Å². The fraction of sp³-hybridized carbons (Fsp3) is 0.250. The number of fused-ring (bicyclic) bond motifs is 3. The molecule has 0 fully saturated rings. The van der Waals surface area contributed by atoms with Crippen LogP contribution in [-0.2, 0) is 13.0 Å². The molecule has 0 amide bonds. The lowest BCUT2D eigenvalue weighted by Gasteiger charge is -2.11. The summed E-state index contributed by atoms with van der Waals surface area (Å²) in [5.41, 5.74) is 2.55. The van der Waals surface area contributed by atoms with Gasteiger partial charge in [-0.1, -0.05) is 17.4 Å². The average molecular weight is 261 g/mol. The van der Waals surface area contributed by atoms with Crippen molar-refractivity contribution in [3.63, 3.8) is 0 Å². The molecular formula is C12H11N3S2. The molecule has 3 aromatic rings. The molecule has 17 heavy (non-hydrogen) atoms. The van der Waals surface area contributed by atoms with Crippen LogP contribution in [0.15, 0.2) is 23.7 Å². The summed E-state index contributed by atoms with van der Waals surface area (Å²) in [6.45, 7) is 2.07. The van der Waals surface area contributed by atoms with Gasteiger partial charge in [-0.3, -0.25) is 4.40 Å². The molecule has 0 aromatic carbocycles. The highest BCUT2D eigenvalue weighted by atomic mass is 32.1. The highest BCUT2D eigenvalue weighted by Crippen LogP contribution is 2.30. The zero-order valence-corrected chi connectivity index (χ0v) is 10.8. The van der Waals surface area contributed by atoms with E-state index >= 15 is 0 Å². The molecule has 1 aliphatic heterocycles. The molecule has 86 valence electrons. The number of rotatable bonds is 1. The quantitative estimate of drug-likeness (QED) is 0.730. The van der Waals surface area contributed by atoms with Crippen molar-refractivity contribution in [3.05, 3.63) is 34.3 Å². The monoisotopic (exact) mass is 261 g/mol. The van der Waals surface area contributed by atoms with Gasteiger partial charge in [-0.15, -0.1) is 11.3 Å². The average Bonchev–Trinajstić information content (AvgIpc) is 3.03. The van der Waals surface area contributed by atoms with E-state index in [1.165, 1.54) is 15.4 Å². The Morgan fingerprint density at radius 2 is 2.41 bits per heavy atom. The summed E-state index contributed by atoms with van der Waals surface area (Å²) in [6, 6.07) is 4.21. The number of nitrogens with one attached hydrogen (secondary N) is 1. The minimum absolute atomic E-state index is 0.998. The Hall–Kier alpha value is -1.17. The van der Waals surface area contributed by atoms with Gasteiger partial charge in [-0.2, -0.15) is 0 Å². The van der Waals surface area contributed by atoms with Crippen LogP contribution in [0.1, 0.15) is 10.6 Å². The Morgan fingerprint density at radius 1 is 1.41 bits per heavy atom. The molecule has 4 heterocycles. The first-order chi connectivity index (χ1) is 8.42. The predicted octanol–water partition coefficient (Wildman–Crippen LogP) is 2.77. The Labute approximate surface area is 107 Å². The third kappa shape index (κ3) is 1.46. The number of aromatic nitrogens is 2. The van der Waals surface area contributed by atoms with Gasteiger partial charge >= 0.3 is 0 Å². The van der Waals surface area contributed by atoms with E-state index in [1.807, 2.05) is 11.3 Å². The van der Waals surface area contributed by atoms with Gasteiger partial charge in [-0.25, -0.2) is 4.98 Å². The van der Waals surface area contributed by atoms with Gasteiger partial charge in [0.1, 0.15) is 5.69 Å². The molecule has 0 radical (unpaired) electrons. The summed E-state index contributed by atoms with van der Waals surface area (Å²) < 4.78 is 2.27. The van der Waals surface area contributed by atoms with E-state index in [2.05, 4.69) is 33.4 Å². The van der Waals surface area contributed by atoms with Gasteiger partial charge in [0.25, 0.3) is 0 Å². The molecule has 1 aliphatic rings. The van der Waals surface area contributed by atoms with E-state index in [0.29, 0.717) is 0 Å². The Bertz CT molecular complexity index is 663. The maximum atomic E-state index is 4.72. The lowest BCUT2D eigenvalue weighted by molar-refractivity contribution is 0.638. The van der Waals surface area contributed by atoms with Gasteiger partial charge < -0.3 is 5.32 Å². The van der Waals surface area contributed by atoms with Crippen LogP contribution in [0.3, 0.4) is 0 Å². The lowest BCUT2D eigenvalue weighted by atomic mass is 10.2. The van der Waals surface area contributed by atoms with E-state index in [1.54, 1.807) is 11.3 Å².